The van der Waals surface area contributed by atoms with Crippen LogP contribution in [-0.4, -0.2) is 70.6 Å². The predicted octanol–water partition coefficient (Wildman–Crippen LogP) is 2.85. The van der Waals surface area contributed by atoms with E-state index in [0.717, 1.165) is 55.1 Å². The van der Waals surface area contributed by atoms with Gasteiger partial charge >= 0.3 is 0 Å². The van der Waals surface area contributed by atoms with E-state index in [1.807, 2.05) is 44.9 Å². The number of anilines is 1. The third kappa shape index (κ3) is 5.61. The molecule has 8 heteroatoms. The fourth-order valence-electron chi connectivity index (χ4n) is 4.61. The van der Waals surface area contributed by atoms with Crippen molar-refractivity contribution in [1.82, 2.24) is 25.2 Å². The second-order valence-corrected chi connectivity index (χ2v) is 10.4. The molecule has 4 rings (SSSR count). The van der Waals surface area contributed by atoms with Gasteiger partial charge in [-0.1, -0.05) is 0 Å². The lowest BCUT2D eigenvalue weighted by molar-refractivity contribution is -0.121. The van der Waals surface area contributed by atoms with E-state index >= 15 is 0 Å². The highest BCUT2D eigenvalue weighted by Gasteiger charge is 2.28. The zero-order valence-electron chi connectivity index (χ0n) is 20.7. The van der Waals surface area contributed by atoms with Gasteiger partial charge in [-0.2, -0.15) is 0 Å². The number of likely N-dealkylation sites (N-methyl/N-ethyl adjacent to an activating group) is 2. The molecule has 2 atom stereocenters. The number of carbonyl (C=O) groups is 1. The zero-order valence-corrected chi connectivity index (χ0v) is 20.7. The van der Waals surface area contributed by atoms with E-state index in [2.05, 4.69) is 29.2 Å². The first-order chi connectivity index (χ1) is 15.6. The van der Waals surface area contributed by atoms with Crippen molar-refractivity contribution in [3.63, 3.8) is 0 Å². The highest BCUT2D eigenvalue weighted by Crippen LogP contribution is 2.31. The van der Waals surface area contributed by atoms with Crippen LogP contribution in [0.4, 0.5) is 5.82 Å². The number of carbonyl (C=O) groups excluding carboxylic acids is 1. The van der Waals surface area contributed by atoms with Crippen molar-refractivity contribution in [3.8, 4) is 17.3 Å². The Morgan fingerprint density at radius 2 is 2.09 bits per heavy atom. The minimum Gasteiger partial charge on any atom is -0.489 e. The van der Waals surface area contributed by atoms with Crippen LogP contribution in [0.5, 0.6) is 5.75 Å². The first-order valence-corrected chi connectivity index (χ1v) is 11.8. The van der Waals surface area contributed by atoms with Gasteiger partial charge < -0.3 is 15.0 Å². The zero-order chi connectivity index (χ0) is 23.8. The van der Waals surface area contributed by atoms with Gasteiger partial charge in [-0.05, 0) is 60.1 Å². The van der Waals surface area contributed by atoms with Gasteiger partial charge in [0.15, 0.2) is 5.82 Å². The Morgan fingerprint density at radius 3 is 2.79 bits per heavy atom. The summed E-state index contributed by atoms with van der Waals surface area (Å²) in [6.45, 7) is 9.33. The second-order valence-electron chi connectivity index (χ2n) is 10.4. The SMILES string of the molecule is C[C@@H]1C[C@@H](Oc2ccnc(-c3nc4c(c(N(C)CC(=O)NC(C)(C)C)n3)CCC4)c2)CN1C. The first kappa shape index (κ1) is 23.4. The number of hydrogen-bond acceptors (Lipinski definition) is 7. The van der Waals surface area contributed by atoms with Gasteiger partial charge in [0, 0.05) is 55.1 Å². The molecule has 0 bridgehead atoms. The van der Waals surface area contributed by atoms with Crippen molar-refractivity contribution < 1.29 is 9.53 Å². The Balaban J connectivity index is 1.57. The maximum Gasteiger partial charge on any atom is 0.239 e. The molecule has 0 saturated carbocycles. The Kier molecular flexibility index (Phi) is 6.56. The van der Waals surface area contributed by atoms with Crippen LogP contribution >= 0.6 is 0 Å². The smallest absolute Gasteiger partial charge is 0.239 e. The summed E-state index contributed by atoms with van der Waals surface area (Å²) < 4.78 is 6.25. The number of likely N-dealkylation sites (tertiary alicyclic amines) is 1. The van der Waals surface area contributed by atoms with Crippen LogP contribution in [0.2, 0.25) is 0 Å². The molecule has 0 radical (unpaired) electrons. The summed E-state index contributed by atoms with van der Waals surface area (Å²) >= 11 is 0. The number of amides is 1. The molecular weight excluding hydrogens is 416 g/mol. The van der Waals surface area contributed by atoms with Crippen molar-refractivity contribution in [2.24, 2.45) is 0 Å². The number of nitrogens with one attached hydrogen (secondary N) is 1. The molecule has 1 amide bonds. The van der Waals surface area contributed by atoms with Crippen LogP contribution in [0.15, 0.2) is 18.3 Å². The van der Waals surface area contributed by atoms with Crippen LogP contribution in [-0.2, 0) is 17.6 Å². The van der Waals surface area contributed by atoms with Crippen LogP contribution in [0.3, 0.4) is 0 Å². The number of rotatable bonds is 6. The van der Waals surface area contributed by atoms with Gasteiger partial charge in [0.25, 0.3) is 0 Å². The quantitative estimate of drug-likeness (QED) is 0.722. The molecule has 33 heavy (non-hydrogen) atoms. The average molecular weight is 453 g/mol. The molecule has 178 valence electrons. The molecule has 1 fully saturated rings. The highest BCUT2D eigenvalue weighted by molar-refractivity contribution is 5.82. The lowest BCUT2D eigenvalue weighted by Crippen LogP contribution is -2.45. The van der Waals surface area contributed by atoms with Gasteiger partial charge in [-0.25, -0.2) is 9.97 Å². The number of aromatic nitrogens is 3. The molecule has 1 aliphatic heterocycles. The summed E-state index contributed by atoms with van der Waals surface area (Å²) in [5.41, 5.74) is 2.61. The average Bonchev–Trinajstić information content (AvgIpc) is 3.31. The summed E-state index contributed by atoms with van der Waals surface area (Å²) in [7, 11) is 4.04. The minimum atomic E-state index is -0.271. The summed E-state index contributed by atoms with van der Waals surface area (Å²) in [6, 6.07) is 4.34. The van der Waals surface area contributed by atoms with Gasteiger partial charge in [0.1, 0.15) is 23.4 Å². The molecule has 8 nitrogen and oxygen atoms in total. The Hall–Kier alpha value is -2.74. The third-order valence-electron chi connectivity index (χ3n) is 6.28. The maximum absolute atomic E-state index is 12.5. The molecule has 1 saturated heterocycles. The number of hydrogen-bond donors (Lipinski definition) is 1. The first-order valence-electron chi connectivity index (χ1n) is 11.8. The van der Waals surface area contributed by atoms with Crippen molar-refractivity contribution in [3.05, 3.63) is 29.6 Å². The molecule has 1 N–H and O–H groups in total. The molecule has 2 aromatic heterocycles. The van der Waals surface area contributed by atoms with E-state index in [4.69, 9.17) is 14.7 Å². The highest BCUT2D eigenvalue weighted by atomic mass is 16.5. The molecule has 0 spiro atoms. The van der Waals surface area contributed by atoms with E-state index < -0.39 is 0 Å². The van der Waals surface area contributed by atoms with Gasteiger partial charge in [-0.3, -0.25) is 14.7 Å². The van der Waals surface area contributed by atoms with Gasteiger partial charge in [0.05, 0.1) is 6.54 Å². The van der Waals surface area contributed by atoms with E-state index in [0.29, 0.717) is 17.6 Å². The summed E-state index contributed by atoms with van der Waals surface area (Å²) in [6.07, 6.45) is 5.83. The molecule has 3 heterocycles. The normalized spacial score (nSPS) is 20.5. The lowest BCUT2D eigenvalue weighted by atomic mass is 10.1. The Morgan fingerprint density at radius 1 is 1.30 bits per heavy atom. The second kappa shape index (κ2) is 9.25. The topological polar surface area (TPSA) is 83.5 Å². The van der Waals surface area contributed by atoms with Crippen molar-refractivity contribution in [2.75, 3.05) is 32.1 Å². The van der Waals surface area contributed by atoms with Crippen LogP contribution in [0.25, 0.3) is 11.5 Å². The number of aryl methyl sites for hydroxylation is 1. The third-order valence-corrected chi connectivity index (χ3v) is 6.28. The van der Waals surface area contributed by atoms with Crippen LogP contribution in [0, 0.1) is 0 Å². The minimum absolute atomic E-state index is 0.0267. The molecule has 1 aliphatic carbocycles. The van der Waals surface area contributed by atoms with Gasteiger partial charge in [-0.15, -0.1) is 0 Å². The largest absolute Gasteiger partial charge is 0.489 e. The summed E-state index contributed by atoms with van der Waals surface area (Å²) in [5, 5.41) is 3.03. The van der Waals surface area contributed by atoms with Crippen molar-refractivity contribution in [1.29, 1.82) is 0 Å². The Labute approximate surface area is 196 Å². The van der Waals surface area contributed by atoms with E-state index in [1.165, 1.54) is 0 Å². The van der Waals surface area contributed by atoms with E-state index in [-0.39, 0.29) is 24.1 Å². The fraction of sp³-hybridized carbons (Fsp3) is 0.600. The van der Waals surface area contributed by atoms with Crippen molar-refractivity contribution in [2.45, 2.75) is 71.1 Å². The summed E-state index contributed by atoms with van der Waals surface area (Å²) in [5.74, 6) is 2.16. The molecule has 2 aliphatic rings. The standard InChI is InChI=1S/C25H36N6O2/c1-16-12-18(14-30(16)5)33-17-10-11-26-21(13-17)23-27-20-9-7-8-19(20)24(28-23)31(6)15-22(32)29-25(2,3)4/h10-11,13,16,18H,7-9,12,14-15H2,1-6H3,(H,29,32)/t16-,18-/m1/s1. The molecule has 2 aromatic rings. The lowest BCUT2D eigenvalue weighted by Gasteiger charge is -2.25. The predicted molar refractivity (Wildman–Crippen MR) is 130 cm³/mol. The van der Waals surface area contributed by atoms with Crippen LogP contribution in [0.1, 0.15) is 51.8 Å². The Bertz CT molecular complexity index is 1010. The fourth-order valence-corrected chi connectivity index (χ4v) is 4.61. The number of pyridine rings is 1. The van der Waals surface area contributed by atoms with Crippen molar-refractivity contribution >= 4 is 11.7 Å². The molecule has 0 aromatic carbocycles. The maximum atomic E-state index is 12.5. The van der Waals surface area contributed by atoms with Gasteiger partial charge in [0.2, 0.25) is 5.91 Å². The molecule has 0 unspecified atom stereocenters. The number of fused-ring (bicyclic) bond motifs is 1. The molecular formula is C25H36N6O2. The van der Waals surface area contributed by atoms with Crippen LogP contribution < -0.4 is 15.0 Å². The number of nitrogens with zero attached hydrogens (tertiary/aromatic N) is 5. The van der Waals surface area contributed by atoms with E-state index in [9.17, 15) is 4.79 Å². The monoisotopic (exact) mass is 452 g/mol. The summed E-state index contributed by atoms with van der Waals surface area (Å²) in [4.78, 5) is 31.0. The van der Waals surface area contributed by atoms with E-state index in [1.54, 1.807) is 6.20 Å². The number of ether oxygens (including phenoxy) is 1.